The first-order valence-corrected chi connectivity index (χ1v) is 5.56. The van der Waals surface area contributed by atoms with Crippen LogP contribution in [0.3, 0.4) is 0 Å². The summed E-state index contributed by atoms with van der Waals surface area (Å²) < 4.78 is 6.32. The monoisotopic (exact) mass is 259 g/mol. The molecule has 0 fully saturated rings. The molecule has 0 atom stereocenters. The van der Waals surface area contributed by atoms with Crippen molar-refractivity contribution in [2.24, 2.45) is 3.15 Å². The highest BCUT2D eigenvalue weighted by molar-refractivity contribution is 14.2. The zero-order valence-electron chi connectivity index (χ0n) is 6.42. The zero-order chi connectivity index (χ0) is 8.10. The molecule has 0 heterocycles. The highest BCUT2D eigenvalue weighted by atomic mass is 127. The van der Waals surface area contributed by atoms with Crippen molar-refractivity contribution in [1.29, 1.82) is 0 Å². The van der Waals surface area contributed by atoms with Gasteiger partial charge in [0.25, 0.3) is 0 Å². The molecule has 0 aliphatic carbocycles. The molecule has 2 heteroatoms. The van der Waals surface area contributed by atoms with Crippen molar-refractivity contribution < 1.29 is 0 Å². The maximum Gasteiger partial charge on any atom is 0.0720 e. The van der Waals surface area contributed by atoms with Crippen molar-refractivity contribution in [2.75, 3.05) is 0 Å². The van der Waals surface area contributed by atoms with Crippen LogP contribution in [0.1, 0.15) is 5.56 Å². The topological polar surface area (TPSA) is 12.4 Å². The molecule has 0 unspecified atom stereocenters. The summed E-state index contributed by atoms with van der Waals surface area (Å²) in [6, 6.07) is 8.16. The second kappa shape index (κ2) is 4.38. The van der Waals surface area contributed by atoms with E-state index >= 15 is 0 Å². The first-order chi connectivity index (χ1) is 5.34. The van der Waals surface area contributed by atoms with Crippen molar-refractivity contribution in [2.45, 2.75) is 6.92 Å². The molecule has 1 nitrogen and oxygen atoms in total. The minimum absolute atomic E-state index is 0.179. The van der Waals surface area contributed by atoms with E-state index in [0.717, 1.165) is 5.69 Å². The van der Waals surface area contributed by atoms with E-state index in [9.17, 15) is 0 Å². The largest absolute Gasteiger partial charge is 0.222 e. The highest BCUT2D eigenvalue weighted by Gasteiger charge is 1.89. The van der Waals surface area contributed by atoms with Crippen molar-refractivity contribution in [3.8, 4) is 0 Å². The van der Waals surface area contributed by atoms with Crippen LogP contribution in [0.2, 0.25) is 0 Å². The van der Waals surface area contributed by atoms with E-state index in [1.54, 1.807) is 0 Å². The van der Waals surface area contributed by atoms with Crippen LogP contribution < -0.4 is 0 Å². The van der Waals surface area contributed by atoms with Gasteiger partial charge in [0.1, 0.15) is 0 Å². The Hall–Kier alpha value is -0.510. The Kier molecular flexibility index (Phi) is 3.42. The fourth-order valence-electron chi connectivity index (χ4n) is 0.745. The number of hydrogen-bond acceptors (Lipinski definition) is 1. The fourth-order valence-corrected chi connectivity index (χ4v) is 1.78. The second-order valence-electron chi connectivity index (χ2n) is 2.12. The number of rotatable bonds is 2. The molecule has 0 bridgehead atoms. The third-order valence-electron chi connectivity index (χ3n) is 1.32. The summed E-state index contributed by atoms with van der Waals surface area (Å²) in [6.45, 7) is 5.74. The van der Waals surface area contributed by atoms with E-state index in [2.05, 4.69) is 22.7 Å². The van der Waals surface area contributed by atoms with Gasteiger partial charge >= 0.3 is 0 Å². The maximum atomic E-state index is 4.42. The van der Waals surface area contributed by atoms with Gasteiger partial charge in [0.15, 0.2) is 0 Å². The van der Waals surface area contributed by atoms with Crippen molar-refractivity contribution in [3.05, 3.63) is 40.5 Å². The average molecular weight is 259 g/mol. The summed E-state index contributed by atoms with van der Waals surface area (Å²) in [6.07, 6.45) is 0. The van der Waals surface area contributed by atoms with Gasteiger partial charge in [0, 0.05) is 21.0 Å². The van der Waals surface area contributed by atoms with E-state index in [1.807, 2.05) is 22.3 Å². The lowest BCUT2D eigenvalue weighted by Crippen LogP contribution is -1.68. The average Bonchev–Trinajstić information content (AvgIpc) is 2.03. The Morgan fingerprint density at radius 2 is 2.18 bits per heavy atom. The van der Waals surface area contributed by atoms with Crippen LogP contribution >= 0.6 is 21.0 Å². The molecular formula is C9H10IN. The van der Waals surface area contributed by atoms with E-state index in [0.29, 0.717) is 0 Å². The van der Waals surface area contributed by atoms with Gasteiger partial charge in [0.05, 0.1) is 5.69 Å². The molecule has 0 spiro atoms. The predicted octanol–water partition coefficient (Wildman–Crippen LogP) is 3.92. The molecule has 0 saturated heterocycles. The van der Waals surface area contributed by atoms with E-state index in [1.165, 1.54) is 5.56 Å². The van der Waals surface area contributed by atoms with Crippen molar-refractivity contribution in [3.63, 3.8) is 0 Å². The Labute approximate surface area is 77.3 Å². The van der Waals surface area contributed by atoms with Crippen LogP contribution in [0.4, 0.5) is 5.69 Å². The highest BCUT2D eigenvalue weighted by Crippen LogP contribution is 2.21. The van der Waals surface area contributed by atoms with E-state index < -0.39 is 0 Å². The lowest BCUT2D eigenvalue weighted by Gasteiger charge is -1.95. The zero-order valence-corrected chi connectivity index (χ0v) is 8.58. The standard InChI is InChI=1S/C9H10IN/c1-3-10-11-9-7-5-4-6-8(9)2/h3-7H,1H2,2H3. The van der Waals surface area contributed by atoms with Crippen LogP contribution in [0.15, 0.2) is 38.1 Å². The predicted molar refractivity (Wildman–Crippen MR) is 57.5 cm³/mol. The van der Waals surface area contributed by atoms with E-state index in [-0.39, 0.29) is 21.0 Å². The number of halogens is 1. The summed E-state index contributed by atoms with van der Waals surface area (Å²) in [7, 11) is 0. The van der Waals surface area contributed by atoms with Crippen molar-refractivity contribution >= 4 is 26.7 Å². The summed E-state index contributed by atoms with van der Waals surface area (Å²) in [5.41, 5.74) is 2.36. The number of nitrogens with zero attached hydrogens (tertiary/aromatic N) is 1. The van der Waals surface area contributed by atoms with Gasteiger partial charge in [0.2, 0.25) is 0 Å². The molecule has 58 valence electrons. The molecular weight excluding hydrogens is 249 g/mol. The third-order valence-corrected chi connectivity index (χ3v) is 2.52. The van der Waals surface area contributed by atoms with Gasteiger partial charge in [-0.3, -0.25) is 0 Å². The summed E-state index contributed by atoms with van der Waals surface area (Å²) in [4.78, 5) is 0. The SMILES string of the molecule is C=CI=Nc1ccccc1C. The van der Waals surface area contributed by atoms with Gasteiger partial charge in [-0.1, -0.05) is 24.8 Å². The fraction of sp³-hybridized carbons (Fsp3) is 0.111. The first kappa shape index (κ1) is 8.59. The Morgan fingerprint density at radius 1 is 1.45 bits per heavy atom. The lowest BCUT2D eigenvalue weighted by atomic mass is 10.2. The molecule has 0 aromatic heterocycles. The van der Waals surface area contributed by atoms with Gasteiger partial charge < -0.3 is 0 Å². The van der Waals surface area contributed by atoms with Gasteiger partial charge in [-0.05, 0) is 22.6 Å². The molecule has 1 aromatic carbocycles. The molecule has 1 rings (SSSR count). The maximum absolute atomic E-state index is 4.42. The first-order valence-electron chi connectivity index (χ1n) is 3.35. The smallest absolute Gasteiger partial charge is 0.0720 e. The van der Waals surface area contributed by atoms with Crippen LogP contribution in [0.5, 0.6) is 0 Å². The van der Waals surface area contributed by atoms with Gasteiger partial charge in [-0.15, -0.1) is 0 Å². The van der Waals surface area contributed by atoms with Crippen LogP contribution in [0.25, 0.3) is 0 Å². The third kappa shape index (κ3) is 2.54. The minimum Gasteiger partial charge on any atom is -0.222 e. The molecule has 0 N–H and O–H groups in total. The van der Waals surface area contributed by atoms with Gasteiger partial charge in [-0.2, -0.15) is 0 Å². The summed E-state index contributed by atoms with van der Waals surface area (Å²) >= 11 is -0.179. The number of benzene rings is 1. The molecule has 0 aliphatic rings. The van der Waals surface area contributed by atoms with Crippen LogP contribution in [-0.2, 0) is 0 Å². The second-order valence-corrected chi connectivity index (χ2v) is 4.04. The molecule has 0 amide bonds. The molecule has 0 radical (unpaired) electrons. The number of hydrogen-bond donors (Lipinski definition) is 0. The normalized spacial score (nSPS) is 11.0. The van der Waals surface area contributed by atoms with E-state index in [4.69, 9.17) is 0 Å². The summed E-state index contributed by atoms with van der Waals surface area (Å²) in [5.74, 6) is 0. The lowest BCUT2D eigenvalue weighted by molar-refractivity contribution is 1.43. The Balaban J connectivity index is 2.94. The van der Waals surface area contributed by atoms with Crippen molar-refractivity contribution in [1.82, 2.24) is 0 Å². The number of aryl methyl sites for hydroxylation is 1. The molecule has 1 aromatic rings. The Morgan fingerprint density at radius 3 is 2.82 bits per heavy atom. The minimum atomic E-state index is -0.179. The van der Waals surface area contributed by atoms with Crippen LogP contribution in [-0.4, -0.2) is 0 Å². The molecule has 0 saturated carbocycles. The van der Waals surface area contributed by atoms with Crippen LogP contribution in [0, 0.1) is 6.92 Å². The Bertz CT molecular complexity index is 279. The molecule has 0 aliphatic heterocycles. The summed E-state index contributed by atoms with van der Waals surface area (Å²) in [5, 5.41) is 0. The molecule has 11 heavy (non-hydrogen) atoms. The van der Waals surface area contributed by atoms with Gasteiger partial charge in [-0.25, -0.2) is 3.15 Å². The quantitative estimate of drug-likeness (QED) is 0.713.